The van der Waals surface area contributed by atoms with Crippen molar-refractivity contribution in [2.75, 3.05) is 35.6 Å². The Morgan fingerprint density at radius 3 is 1.26 bits per heavy atom. The molecule has 6 amide bonds. The number of nitrogens with one attached hydrogen (secondary N) is 6. The summed E-state index contributed by atoms with van der Waals surface area (Å²) < 4.78 is 6.39. The van der Waals surface area contributed by atoms with Crippen LogP contribution in [-0.2, 0) is 51.0 Å². The molecule has 6 N–H and O–H groups in total. The number of rotatable bonds is 15. The number of hydrogen-bond donors (Lipinski definition) is 6. The third-order valence-electron chi connectivity index (χ3n) is 18.4. The highest BCUT2D eigenvalue weighted by Crippen LogP contribution is 2.34. The summed E-state index contributed by atoms with van der Waals surface area (Å²) in [5.74, 6) is 1.41. The Labute approximate surface area is 613 Å². The van der Waals surface area contributed by atoms with Crippen LogP contribution in [0.15, 0.2) is 219 Å². The molecule has 540 valence electrons. The van der Waals surface area contributed by atoms with Gasteiger partial charge in [-0.2, -0.15) is 0 Å². The molecule has 0 saturated heterocycles. The van der Waals surface area contributed by atoms with Gasteiger partial charge >= 0.3 is 0 Å². The summed E-state index contributed by atoms with van der Waals surface area (Å²) in [6, 6.07) is 64.1. The van der Waals surface area contributed by atoms with Crippen LogP contribution >= 0.6 is 0 Å². The van der Waals surface area contributed by atoms with Crippen LogP contribution in [0.2, 0.25) is 0 Å². The molecule has 1 unspecified atom stereocenters. The van der Waals surface area contributed by atoms with Gasteiger partial charge in [-0.25, -0.2) is 15.0 Å². The Morgan fingerprint density at radius 2 is 0.810 bits per heavy atom. The van der Waals surface area contributed by atoms with Crippen LogP contribution in [0.1, 0.15) is 180 Å². The summed E-state index contributed by atoms with van der Waals surface area (Å²) >= 11 is 0. The number of aromatic amines is 3. The normalized spacial score (nSPS) is 13.8. The van der Waals surface area contributed by atoms with Crippen molar-refractivity contribution in [1.29, 1.82) is 0 Å². The van der Waals surface area contributed by atoms with Gasteiger partial charge in [0.1, 0.15) is 34.6 Å². The molecule has 21 heteroatoms. The number of nitrogens with zero attached hydrogens (tertiary/aromatic N) is 9. The molecule has 105 heavy (non-hydrogen) atoms. The van der Waals surface area contributed by atoms with Gasteiger partial charge in [0.05, 0.1) is 42.3 Å². The highest BCUT2D eigenvalue weighted by atomic mass is 16.2. The summed E-state index contributed by atoms with van der Waals surface area (Å²) in [5, 5.41) is 8.96. The second-order valence-electron chi connectivity index (χ2n) is 26.8. The van der Waals surface area contributed by atoms with Crippen LogP contribution in [0, 0.1) is 20.8 Å². The molecule has 0 aliphatic carbocycles. The minimum Gasteiger partial charge on any atom is -0.357 e. The number of benzene rings is 6. The van der Waals surface area contributed by atoms with Crippen molar-refractivity contribution in [3.63, 3.8) is 0 Å². The molecule has 0 spiro atoms. The fraction of sp³-hybridized carbons (Fsp3) is 0.250. The predicted octanol–water partition coefficient (Wildman–Crippen LogP) is 15.3. The third kappa shape index (κ3) is 17.2. The number of carbonyl (C=O) groups excluding carboxylic acids is 6. The smallest absolute Gasteiger partial charge is 0.276 e. The lowest BCUT2D eigenvalue weighted by Crippen LogP contribution is -2.50. The van der Waals surface area contributed by atoms with Gasteiger partial charge in [0.2, 0.25) is 0 Å². The first-order valence-corrected chi connectivity index (χ1v) is 34.2. The topological polar surface area (TPSA) is 249 Å². The van der Waals surface area contributed by atoms with E-state index in [0.29, 0.717) is 99.2 Å². The summed E-state index contributed by atoms with van der Waals surface area (Å²) in [6.45, 7) is 15.3. The maximum Gasteiger partial charge on any atom is 0.276 e. The summed E-state index contributed by atoms with van der Waals surface area (Å²) in [4.78, 5) is 108. The van der Waals surface area contributed by atoms with Crippen molar-refractivity contribution in [3.05, 3.63) is 321 Å². The van der Waals surface area contributed by atoms with Gasteiger partial charge in [0.15, 0.2) is 17.1 Å². The van der Waals surface area contributed by atoms with Gasteiger partial charge in [0.25, 0.3) is 35.4 Å². The highest BCUT2D eigenvalue weighted by Gasteiger charge is 2.40. The quantitative estimate of drug-likeness (QED) is 0.0570. The number of anilines is 3. The molecular formula is C84H93N15O6. The molecule has 6 aromatic carbocycles. The monoisotopic (exact) mass is 1410 g/mol. The number of amides is 6. The summed E-state index contributed by atoms with van der Waals surface area (Å²) in [5.41, 5.74) is 13.2. The molecule has 0 radical (unpaired) electrons. The number of hydrogen-bond acceptors (Lipinski definition) is 9. The number of aromatic nitrogens is 9. The number of H-pyrrole nitrogens is 3. The van der Waals surface area contributed by atoms with E-state index in [9.17, 15) is 28.8 Å². The van der Waals surface area contributed by atoms with E-state index in [-0.39, 0.29) is 63.8 Å². The maximum absolute atomic E-state index is 13.5. The Balaban J connectivity index is 0.000000166. The van der Waals surface area contributed by atoms with Gasteiger partial charge < -0.3 is 59.3 Å². The molecular weight excluding hydrogens is 1320 g/mol. The summed E-state index contributed by atoms with van der Waals surface area (Å²) in [7, 11) is 0. The number of aryl methyl sites for hydroxylation is 3. The van der Waals surface area contributed by atoms with E-state index < -0.39 is 5.54 Å². The zero-order valence-electron chi connectivity index (χ0n) is 57.9. The van der Waals surface area contributed by atoms with Gasteiger partial charge in [-0.3, -0.25) is 28.8 Å². The first-order chi connectivity index (χ1) is 49.4. The zero-order chi connectivity index (χ0) is 71.0. The molecule has 0 fully saturated rings. The van der Waals surface area contributed by atoms with E-state index in [0.717, 1.165) is 85.0 Å². The van der Waals surface area contributed by atoms with Crippen LogP contribution in [0.3, 0.4) is 0 Å². The standard InChI is InChI=1S/C28H29N5O2.C27H27N5O2.C26H25N5O2.3CH4/c1-19-9-7-12-21(15-19)30-26(34)25-23-17-32(27(35)22-13-8-14-29-22)18-28(2,3)33(23)24(31-25)16-20-10-5-4-6-11-20;1-18-8-6-11-21(14-18)29-26(33)25-23-17-31(27(34)22-12-7-13-28-22)16-19(2)32(23)24(30-25)15-20-9-4-3-5-10-20;1-18-7-5-10-20(15-18)28-25(32)24-22-17-30(26(33)21-11-6-12-27-21)13-14-31(22)23(29-24)16-19-8-3-2-4-9-19;;;/h4-15,29H,16-18H2,1-3H3,(H,30,34);3-14,19,28H,15-17H2,1-2H3,(H,29,33);2-12,15,27H,13-14,16-17H2,1H3,(H,28,32);3*1H4. The second kappa shape index (κ2) is 33.2. The van der Waals surface area contributed by atoms with Crippen LogP contribution in [0.25, 0.3) is 0 Å². The van der Waals surface area contributed by atoms with E-state index in [1.165, 1.54) is 0 Å². The van der Waals surface area contributed by atoms with Crippen LogP contribution < -0.4 is 16.0 Å². The average Bonchev–Trinajstić information content (AvgIpc) is 1.61. The van der Waals surface area contributed by atoms with Crippen molar-refractivity contribution in [2.45, 2.75) is 121 Å². The van der Waals surface area contributed by atoms with Crippen molar-refractivity contribution >= 4 is 52.5 Å². The second-order valence-corrected chi connectivity index (χ2v) is 26.8. The molecule has 3 aliphatic rings. The Morgan fingerprint density at radius 1 is 0.429 bits per heavy atom. The van der Waals surface area contributed by atoms with Gasteiger partial charge in [-0.05, 0) is 148 Å². The van der Waals surface area contributed by atoms with E-state index in [2.05, 4.69) is 102 Å². The lowest BCUT2D eigenvalue weighted by molar-refractivity contribution is 0.0596. The largest absolute Gasteiger partial charge is 0.357 e. The predicted molar refractivity (Wildman–Crippen MR) is 413 cm³/mol. The number of imidazole rings is 3. The van der Waals surface area contributed by atoms with Gasteiger partial charge in [-0.15, -0.1) is 0 Å². The molecule has 1 atom stereocenters. The lowest BCUT2D eigenvalue weighted by Gasteiger charge is -2.41. The van der Waals surface area contributed by atoms with E-state index in [1.54, 1.807) is 57.6 Å². The lowest BCUT2D eigenvalue weighted by atomic mass is 9.98. The van der Waals surface area contributed by atoms with Crippen LogP contribution in [0.5, 0.6) is 0 Å². The minimum atomic E-state index is -0.450. The average molecular weight is 1410 g/mol. The van der Waals surface area contributed by atoms with Crippen LogP contribution in [0.4, 0.5) is 17.1 Å². The highest BCUT2D eigenvalue weighted by molar-refractivity contribution is 6.06. The number of carbonyl (C=O) groups is 6. The Hall–Kier alpha value is -12.4. The maximum atomic E-state index is 13.5. The molecule has 15 rings (SSSR count). The molecule has 6 aromatic heterocycles. The van der Waals surface area contributed by atoms with Crippen molar-refractivity contribution in [2.24, 2.45) is 0 Å². The molecule has 9 heterocycles. The molecule has 12 aromatic rings. The van der Waals surface area contributed by atoms with E-state index in [4.69, 9.17) is 15.0 Å². The van der Waals surface area contributed by atoms with Crippen LogP contribution in [-0.4, -0.2) is 113 Å². The first-order valence-electron chi connectivity index (χ1n) is 34.2. The fourth-order valence-corrected chi connectivity index (χ4v) is 13.8. The van der Waals surface area contributed by atoms with Gasteiger partial charge in [-0.1, -0.05) is 150 Å². The Kier molecular flexibility index (Phi) is 23.8. The zero-order valence-corrected chi connectivity index (χ0v) is 57.9. The fourth-order valence-electron chi connectivity index (χ4n) is 13.8. The molecule has 3 aliphatic heterocycles. The number of fused-ring (bicyclic) bond motifs is 3. The molecule has 0 bridgehead atoms. The SMILES string of the molecule is C.C.C.Cc1cccc(NC(=O)c2nc(Cc3ccccc3)n3c2CN(C(=O)c2ccc[nH]2)CC3(C)C)c1.Cc1cccc(NC(=O)c2nc(Cc3ccccc3)n3c2CN(C(=O)c2ccc[nH]2)CC3)c1.Cc1cccc(NC(=O)c2nc(Cc3ccccc3)n3c2CN(C(=O)c2ccc[nH]2)CC3C)c1. The van der Waals surface area contributed by atoms with E-state index in [1.807, 2.05) is 160 Å². The third-order valence-corrected chi connectivity index (χ3v) is 18.4. The minimum absolute atomic E-state index is 0. The van der Waals surface area contributed by atoms with Crippen molar-refractivity contribution in [3.8, 4) is 0 Å². The Bertz CT molecular complexity index is 4980. The van der Waals surface area contributed by atoms with Crippen molar-refractivity contribution < 1.29 is 28.8 Å². The summed E-state index contributed by atoms with van der Waals surface area (Å²) in [6.07, 6.45) is 7.05. The molecule has 0 saturated carbocycles. The van der Waals surface area contributed by atoms with Crippen molar-refractivity contribution in [1.82, 2.24) is 58.3 Å². The molecule has 21 nitrogen and oxygen atoms in total. The van der Waals surface area contributed by atoms with Gasteiger partial charge in [0, 0.05) is 87.1 Å². The first kappa shape index (κ1) is 75.3. The van der Waals surface area contributed by atoms with E-state index >= 15 is 0 Å².